The lowest BCUT2D eigenvalue weighted by molar-refractivity contribution is -0.124. The predicted octanol–water partition coefficient (Wildman–Crippen LogP) is 5.95. The van der Waals surface area contributed by atoms with Crippen molar-refractivity contribution in [3.05, 3.63) is 60.2 Å². The summed E-state index contributed by atoms with van der Waals surface area (Å²) in [6.07, 6.45) is 10.2. The van der Waals surface area contributed by atoms with E-state index in [0.29, 0.717) is 24.1 Å². The van der Waals surface area contributed by atoms with E-state index in [1.165, 1.54) is 44.9 Å². The number of fused-ring (bicyclic) bond motifs is 2. The number of aliphatic hydroxyl groups excluding tert-OH is 1. The highest BCUT2D eigenvalue weighted by molar-refractivity contribution is 5.93. The normalized spacial score (nSPS) is 29.3. The average molecular weight is 434 g/mol. The highest BCUT2D eigenvalue weighted by atomic mass is 16.5. The fraction of sp³-hybridized carbons (Fsp3) is 0.536. The quantitative estimate of drug-likeness (QED) is 0.541. The van der Waals surface area contributed by atoms with Crippen LogP contribution in [-0.4, -0.2) is 17.1 Å². The van der Waals surface area contributed by atoms with Gasteiger partial charge in [-0.15, -0.1) is 0 Å². The second kappa shape index (κ2) is 9.27. The fourth-order valence-electron chi connectivity index (χ4n) is 6.80. The molecule has 4 nitrogen and oxygen atoms in total. The Morgan fingerprint density at radius 3 is 2.62 bits per heavy atom. The monoisotopic (exact) mass is 433 g/mol. The molecule has 4 heteroatoms. The molecule has 2 N–H and O–H groups in total. The Balaban J connectivity index is 1.10. The Morgan fingerprint density at radius 2 is 1.81 bits per heavy atom. The predicted molar refractivity (Wildman–Crippen MR) is 126 cm³/mol. The van der Waals surface area contributed by atoms with Crippen LogP contribution in [0.5, 0.6) is 5.75 Å². The van der Waals surface area contributed by atoms with Crippen molar-refractivity contribution >= 4 is 11.6 Å². The topological polar surface area (TPSA) is 58.6 Å². The fourth-order valence-corrected chi connectivity index (χ4v) is 6.80. The van der Waals surface area contributed by atoms with E-state index >= 15 is 0 Å². The van der Waals surface area contributed by atoms with Gasteiger partial charge >= 0.3 is 0 Å². The lowest BCUT2D eigenvalue weighted by atomic mass is 9.67. The molecule has 0 radical (unpaired) electrons. The number of amides is 1. The minimum Gasteiger partial charge on any atom is -0.489 e. The number of carbonyl (C=O) groups excluding carboxylic acids is 1. The van der Waals surface area contributed by atoms with E-state index < -0.39 is 6.10 Å². The molecule has 3 saturated carbocycles. The van der Waals surface area contributed by atoms with Gasteiger partial charge in [-0.25, -0.2) is 0 Å². The van der Waals surface area contributed by atoms with Gasteiger partial charge in [-0.3, -0.25) is 4.79 Å². The van der Waals surface area contributed by atoms with Crippen molar-refractivity contribution in [3.63, 3.8) is 0 Å². The minimum absolute atomic E-state index is 0.301. The second-order valence-electron chi connectivity index (χ2n) is 10.5. The zero-order valence-corrected chi connectivity index (χ0v) is 18.8. The summed E-state index contributed by atoms with van der Waals surface area (Å²) < 4.78 is 5.80. The van der Waals surface area contributed by atoms with Crippen molar-refractivity contribution in [2.45, 2.75) is 70.5 Å². The first-order valence-electron chi connectivity index (χ1n) is 12.3. The molecule has 0 saturated heterocycles. The number of hydrogen-bond acceptors (Lipinski definition) is 3. The summed E-state index contributed by atoms with van der Waals surface area (Å²) in [5, 5.41) is 13.4. The molecule has 3 aliphatic carbocycles. The molecule has 5 rings (SSSR count). The van der Waals surface area contributed by atoms with E-state index in [2.05, 4.69) is 5.32 Å². The van der Waals surface area contributed by atoms with Gasteiger partial charge in [-0.05, 0) is 91.5 Å². The van der Waals surface area contributed by atoms with E-state index in [9.17, 15) is 9.90 Å². The Bertz CT molecular complexity index is 908. The third-order valence-corrected chi connectivity index (χ3v) is 8.22. The molecule has 0 aliphatic heterocycles. The number of benzene rings is 2. The van der Waals surface area contributed by atoms with Crippen LogP contribution in [-0.2, 0) is 11.4 Å². The van der Waals surface area contributed by atoms with Crippen LogP contribution in [0.15, 0.2) is 54.6 Å². The molecular formula is C28H35NO3. The van der Waals surface area contributed by atoms with Crippen LogP contribution in [0.2, 0.25) is 0 Å². The first-order chi connectivity index (χ1) is 15.6. The summed E-state index contributed by atoms with van der Waals surface area (Å²) in [5.74, 6) is 3.14. The summed E-state index contributed by atoms with van der Waals surface area (Å²) >= 11 is 0. The summed E-state index contributed by atoms with van der Waals surface area (Å²) in [5.41, 5.74) is 2.19. The lowest BCUT2D eigenvalue weighted by Crippen LogP contribution is -2.32. The SMILES string of the molecule is O=C(Nc1ccc(OCc2ccccc2)cc1)C(O)CCC12CC3CCCC(C1)C(C3)C2. The standard InChI is InChI=1S/C28H35NO3/c30-26(13-14-28-16-21-7-4-8-22(17-28)23(15-21)18-28)27(31)29-24-9-11-25(12-10-24)32-19-20-5-2-1-3-6-20/h1-3,5-6,9-12,21-23,26,30H,4,7-8,13-19H2,(H,29,31). The van der Waals surface area contributed by atoms with E-state index in [1.54, 1.807) is 0 Å². The molecule has 170 valence electrons. The van der Waals surface area contributed by atoms with Crippen molar-refractivity contribution in [1.82, 2.24) is 0 Å². The first-order valence-corrected chi connectivity index (χ1v) is 12.3. The smallest absolute Gasteiger partial charge is 0.253 e. The van der Waals surface area contributed by atoms with Crippen molar-refractivity contribution in [2.24, 2.45) is 23.2 Å². The van der Waals surface area contributed by atoms with Gasteiger partial charge < -0.3 is 15.2 Å². The molecule has 0 heterocycles. The van der Waals surface area contributed by atoms with Gasteiger partial charge in [-0.2, -0.15) is 0 Å². The summed E-state index contributed by atoms with van der Waals surface area (Å²) in [6, 6.07) is 17.4. The van der Waals surface area contributed by atoms with Gasteiger partial charge in [0.25, 0.3) is 5.91 Å². The Hall–Kier alpha value is -2.33. The minimum atomic E-state index is -0.945. The maximum atomic E-state index is 12.6. The van der Waals surface area contributed by atoms with Gasteiger partial charge in [0, 0.05) is 5.69 Å². The van der Waals surface area contributed by atoms with Crippen molar-refractivity contribution in [2.75, 3.05) is 5.32 Å². The van der Waals surface area contributed by atoms with Gasteiger partial charge in [-0.1, -0.05) is 49.6 Å². The molecule has 32 heavy (non-hydrogen) atoms. The number of carbonyl (C=O) groups is 1. The zero-order valence-electron chi connectivity index (χ0n) is 18.8. The molecule has 1 amide bonds. The zero-order chi connectivity index (χ0) is 22.0. The first kappa shape index (κ1) is 21.5. The Morgan fingerprint density at radius 1 is 1.03 bits per heavy atom. The van der Waals surface area contributed by atoms with Crippen molar-refractivity contribution in [3.8, 4) is 5.75 Å². The van der Waals surface area contributed by atoms with E-state index in [-0.39, 0.29) is 5.91 Å². The highest BCUT2D eigenvalue weighted by Gasteiger charge is 2.51. The number of hydrogen-bond donors (Lipinski definition) is 2. The molecule has 5 unspecified atom stereocenters. The maximum Gasteiger partial charge on any atom is 0.253 e. The van der Waals surface area contributed by atoms with Crippen LogP contribution in [0.1, 0.15) is 63.4 Å². The number of nitrogens with one attached hydrogen (secondary N) is 1. The molecule has 2 aromatic rings. The Kier molecular flexibility index (Phi) is 6.23. The van der Waals surface area contributed by atoms with Crippen LogP contribution < -0.4 is 10.1 Å². The van der Waals surface area contributed by atoms with E-state index in [0.717, 1.165) is 35.5 Å². The summed E-state index contributed by atoms with van der Waals surface area (Å²) in [6.45, 7) is 0.510. The van der Waals surface area contributed by atoms with Crippen LogP contribution >= 0.6 is 0 Å². The van der Waals surface area contributed by atoms with Gasteiger partial charge in [0.2, 0.25) is 0 Å². The lowest BCUT2D eigenvalue weighted by Gasteiger charge is -2.38. The molecule has 3 fully saturated rings. The average Bonchev–Trinajstić information content (AvgIpc) is 2.97. The molecule has 0 spiro atoms. The van der Waals surface area contributed by atoms with Crippen LogP contribution in [0.3, 0.4) is 0 Å². The van der Waals surface area contributed by atoms with Crippen molar-refractivity contribution in [1.29, 1.82) is 0 Å². The van der Waals surface area contributed by atoms with Crippen LogP contribution in [0, 0.1) is 23.2 Å². The van der Waals surface area contributed by atoms with Gasteiger partial charge in [0.05, 0.1) is 0 Å². The molecule has 3 bridgehead atoms. The largest absolute Gasteiger partial charge is 0.489 e. The maximum absolute atomic E-state index is 12.6. The van der Waals surface area contributed by atoms with E-state index in [1.807, 2.05) is 54.6 Å². The third kappa shape index (κ3) is 4.85. The number of anilines is 1. The molecule has 3 aliphatic rings. The van der Waals surface area contributed by atoms with Gasteiger partial charge in [0.15, 0.2) is 0 Å². The molecule has 0 aromatic heterocycles. The highest BCUT2D eigenvalue weighted by Crippen LogP contribution is 2.61. The van der Waals surface area contributed by atoms with Crippen LogP contribution in [0.4, 0.5) is 5.69 Å². The second-order valence-corrected chi connectivity index (χ2v) is 10.5. The summed E-state index contributed by atoms with van der Waals surface area (Å²) in [4.78, 5) is 12.6. The van der Waals surface area contributed by atoms with Gasteiger partial charge in [0.1, 0.15) is 18.5 Å². The van der Waals surface area contributed by atoms with Crippen molar-refractivity contribution < 1.29 is 14.6 Å². The summed E-state index contributed by atoms with van der Waals surface area (Å²) in [7, 11) is 0. The number of rotatable bonds is 8. The Labute approximate surface area is 191 Å². The van der Waals surface area contributed by atoms with E-state index in [4.69, 9.17) is 4.74 Å². The molecular weight excluding hydrogens is 398 g/mol. The molecule has 2 aromatic carbocycles. The number of ether oxygens (including phenoxy) is 1. The van der Waals surface area contributed by atoms with Crippen LogP contribution in [0.25, 0.3) is 0 Å². The molecule has 5 atom stereocenters. The third-order valence-electron chi connectivity index (χ3n) is 8.22. The number of aliphatic hydroxyl groups is 1.